The third-order valence-electron chi connectivity index (χ3n) is 4.35. The number of nitrogens with one attached hydrogen (secondary N) is 1. The summed E-state index contributed by atoms with van der Waals surface area (Å²) in [5, 5.41) is 2.77. The monoisotopic (exact) mass is 416 g/mol. The molecule has 1 heterocycles. The molecular weight excluding hydrogens is 393 g/mol. The summed E-state index contributed by atoms with van der Waals surface area (Å²) in [6.07, 6.45) is -3.79. The summed E-state index contributed by atoms with van der Waals surface area (Å²) in [6, 6.07) is 14.2. The van der Waals surface area contributed by atoms with Crippen LogP contribution in [-0.4, -0.2) is 23.1 Å². The second-order valence-electron chi connectivity index (χ2n) is 7.09. The Kier molecular flexibility index (Phi) is 6.14. The van der Waals surface area contributed by atoms with Crippen molar-refractivity contribution >= 4 is 23.1 Å². The minimum atomic E-state index is -4.59. The van der Waals surface area contributed by atoms with Gasteiger partial charge in [-0.05, 0) is 56.7 Å². The summed E-state index contributed by atoms with van der Waals surface area (Å²) < 4.78 is 46.1. The Morgan fingerprint density at radius 1 is 1.03 bits per heavy atom. The van der Waals surface area contributed by atoms with Crippen LogP contribution in [-0.2, 0) is 6.18 Å². The molecule has 1 aromatic heterocycles. The van der Waals surface area contributed by atoms with Crippen LogP contribution in [0.5, 0.6) is 5.75 Å². The van der Waals surface area contributed by atoms with Gasteiger partial charge >= 0.3 is 6.18 Å². The molecule has 0 aliphatic heterocycles. The summed E-state index contributed by atoms with van der Waals surface area (Å²) in [6.45, 7) is 5.71. The maximum absolute atomic E-state index is 13.5. The van der Waals surface area contributed by atoms with Crippen molar-refractivity contribution < 1.29 is 17.9 Å². The van der Waals surface area contributed by atoms with E-state index in [1.54, 1.807) is 36.2 Å². The lowest BCUT2D eigenvalue weighted by molar-refractivity contribution is -0.137. The zero-order valence-corrected chi connectivity index (χ0v) is 17.2. The van der Waals surface area contributed by atoms with Crippen molar-refractivity contribution in [1.82, 2.24) is 9.97 Å². The maximum atomic E-state index is 13.5. The van der Waals surface area contributed by atoms with Gasteiger partial charge in [0.15, 0.2) is 0 Å². The van der Waals surface area contributed by atoms with Crippen LogP contribution in [0, 0.1) is 6.92 Å². The summed E-state index contributed by atoms with van der Waals surface area (Å²) >= 11 is 0. The van der Waals surface area contributed by atoms with Gasteiger partial charge in [-0.2, -0.15) is 18.2 Å². The molecule has 0 atom stereocenters. The Morgan fingerprint density at radius 3 is 2.30 bits per heavy atom. The smallest absolute Gasteiger partial charge is 0.421 e. The Bertz CT molecular complexity index is 1000. The van der Waals surface area contributed by atoms with E-state index in [0.29, 0.717) is 11.4 Å². The van der Waals surface area contributed by atoms with Gasteiger partial charge < -0.3 is 15.0 Å². The first kappa shape index (κ1) is 21.4. The van der Waals surface area contributed by atoms with Gasteiger partial charge in [0.2, 0.25) is 5.95 Å². The normalized spacial score (nSPS) is 11.5. The maximum Gasteiger partial charge on any atom is 0.421 e. The lowest BCUT2D eigenvalue weighted by atomic mass is 10.2. The topological polar surface area (TPSA) is 50.3 Å². The molecule has 0 unspecified atom stereocenters. The Morgan fingerprint density at radius 2 is 1.70 bits per heavy atom. The van der Waals surface area contributed by atoms with E-state index in [2.05, 4.69) is 15.3 Å². The molecule has 1 N–H and O–H groups in total. The first-order valence-electron chi connectivity index (χ1n) is 9.42. The molecule has 3 aromatic rings. The summed E-state index contributed by atoms with van der Waals surface area (Å²) in [5.74, 6) is 0.472. The number of aromatic nitrogens is 2. The van der Waals surface area contributed by atoms with E-state index in [4.69, 9.17) is 4.74 Å². The minimum absolute atomic E-state index is 0.00189. The van der Waals surface area contributed by atoms with Gasteiger partial charge in [0.1, 0.15) is 17.1 Å². The molecule has 0 fully saturated rings. The summed E-state index contributed by atoms with van der Waals surface area (Å²) in [7, 11) is 1.72. The van der Waals surface area contributed by atoms with Crippen LogP contribution in [0.3, 0.4) is 0 Å². The van der Waals surface area contributed by atoms with Gasteiger partial charge in [-0.3, -0.25) is 0 Å². The number of hydrogen-bond donors (Lipinski definition) is 1. The van der Waals surface area contributed by atoms with E-state index in [1.165, 1.54) is 0 Å². The highest BCUT2D eigenvalue weighted by Crippen LogP contribution is 2.36. The van der Waals surface area contributed by atoms with Crippen molar-refractivity contribution in [3.63, 3.8) is 0 Å². The van der Waals surface area contributed by atoms with Crippen LogP contribution in [0.4, 0.5) is 36.3 Å². The molecular formula is C22H23F3N4O. The van der Waals surface area contributed by atoms with Crippen molar-refractivity contribution in [3.05, 3.63) is 65.9 Å². The van der Waals surface area contributed by atoms with E-state index in [0.717, 1.165) is 17.4 Å². The average Bonchev–Trinajstić information content (AvgIpc) is 2.68. The van der Waals surface area contributed by atoms with Gasteiger partial charge in [-0.15, -0.1) is 0 Å². The number of nitrogens with zero attached hydrogens (tertiary/aromatic N) is 3. The minimum Gasteiger partial charge on any atom is -0.491 e. The largest absolute Gasteiger partial charge is 0.491 e. The second kappa shape index (κ2) is 8.61. The molecule has 8 heteroatoms. The number of halogens is 3. The van der Waals surface area contributed by atoms with E-state index >= 15 is 0 Å². The summed E-state index contributed by atoms with van der Waals surface area (Å²) in [4.78, 5) is 9.77. The first-order chi connectivity index (χ1) is 14.1. The SMILES string of the molecule is Cc1ccccc1N(C)c1ncc(C(F)(F)F)c(Nc2ccc(OC(C)C)cc2)n1. The van der Waals surface area contributed by atoms with Gasteiger partial charge in [-0.25, -0.2) is 4.98 Å². The predicted molar refractivity (Wildman–Crippen MR) is 112 cm³/mol. The van der Waals surface area contributed by atoms with Crippen LogP contribution in [0.2, 0.25) is 0 Å². The number of anilines is 4. The van der Waals surface area contributed by atoms with Crippen LogP contribution in [0.15, 0.2) is 54.7 Å². The average molecular weight is 416 g/mol. The van der Waals surface area contributed by atoms with Gasteiger partial charge in [0.05, 0.1) is 6.10 Å². The van der Waals surface area contributed by atoms with E-state index in [-0.39, 0.29) is 17.9 Å². The zero-order chi connectivity index (χ0) is 21.9. The van der Waals surface area contributed by atoms with Crippen molar-refractivity contribution in [1.29, 1.82) is 0 Å². The molecule has 0 amide bonds. The van der Waals surface area contributed by atoms with Gasteiger partial charge in [0.25, 0.3) is 0 Å². The van der Waals surface area contributed by atoms with Crippen molar-refractivity contribution in [2.45, 2.75) is 33.1 Å². The van der Waals surface area contributed by atoms with E-state index < -0.39 is 11.7 Å². The van der Waals surface area contributed by atoms with Crippen LogP contribution in [0.1, 0.15) is 25.0 Å². The molecule has 0 aliphatic carbocycles. The highest BCUT2D eigenvalue weighted by atomic mass is 19.4. The molecule has 0 radical (unpaired) electrons. The van der Waals surface area contributed by atoms with Crippen molar-refractivity contribution in [2.24, 2.45) is 0 Å². The number of hydrogen-bond acceptors (Lipinski definition) is 5. The third-order valence-corrected chi connectivity index (χ3v) is 4.35. The molecule has 3 rings (SSSR count). The van der Waals surface area contributed by atoms with Crippen molar-refractivity contribution in [3.8, 4) is 5.75 Å². The molecule has 0 aliphatic rings. The fourth-order valence-corrected chi connectivity index (χ4v) is 2.91. The first-order valence-corrected chi connectivity index (χ1v) is 9.42. The molecule has 30 heavy (non-hydrogen) atoms. The number of rotatable bonds is 6. The Balaban J connectivity index is 1.95. The lowest BCUT2D eigenvalue weighted by Crippen LogP contribution is -2.18. The molecule has 5 nitrogen and oxygen atoms in total. The Labute approximate surface area is 173 Å². The van der Waals surface area contributed by atoms with Crippen molar-refractivity contribution in [2.75, 3.05) is 17.3 Å². The highest BCUT2D eigenvalue weighted by molar-refractivity contribution is 5.65. The van der Waals surface area contributed by atoms with Crippen LogP contribution in [0.25, 0.3) is 0 Å². The van der Waals surface area contributed by atoms with E-state index in [1.807, 2.05) is 45.0 Å². The lowest BCUT2D eigenvalue weighted by Gasteiger charge is -2.21. The Hall–Kier alpha value is -3.29. The van der Waals surface area contributed by atoms with Gasteiger partial charge in [0, 0.05) is 24.6 Å². The number of aryl methyl sites for hydroxylation is 1. The molecule has 0 saturated heterocycles. The van der Waals surface area contributed by atoms with Crippen LogP contribution >= 0.6 is 0 Å². The number of para-hydroxylation sites is 1. The third kappa shape index (κ3) is 5.00. The zero-order valence-electron chi connectivity index (χ0n) is 17.2. The molecule has 0 saturated carbocycles. The molecule has 2 aromatic carbocycles. The number of alkyl halides is 3. The molecule has 158 valence electrons. The second-order valence-corrected chi connectivity index (χ2v) is 7.09. The standard InChI is InChI=1S/C22H23F3N4O/c1-14(2)30-17-11-9-16(10-12-17)27-20-18(22(23,24)25)13-26-21(28-20)29(4)19-8-6-5-7-15(19)3/h5-14H,1-4H3,(H,26,27,28). The molecule has 0 spiro atoms. The number of ether oxygens (including phenoxy) is 1. The quantitative estimate of drug-likeness (QED) is 0.526. The fraction of sp³-hybridized carbons (Fsp3) is 0.273. The van der Waals surface area contributed by atoms with Crippen LogP contribution < -0.4 is 15.0 Å². The van der Waals surface area contributed by atoms with Gasteiger partial charge in [-0.1, -0.05) is 18.2 Å². The number of benzene rings is 2. The fourth-order valence-electron chi connectivity index (χ4n) is 2.91. The summed E-state index contributed by atoms with van der Waals surface area (Å²) in [5.41, 5.74) is 1.28. The highest BCUT2D eigenvalue weighted by Gasteiger charge is 2.35. The predicted octanol–water partition coefficient (Wildman–Crippen LogP) is 6.10. The molecule has 0 bridgehead atoms. The van der Waals surface area contributed by atoms with E-state index in [9.17, 15) is 13.2 Å².